The van der Waals surface area contributed by atoms with Crippen molar-refractivity contribution in [2.45, 2.75) is 45.0 Å². The van der Waals surface area contributed by atoms with Crippen LogP contribution in [0, 0.1) is 6.92 Å². The maximum Gasteiger partial charge on any atom is 0.230 e. The molecule has 1 saturated heterocycles. The molecule has 1 heterocycles. The molecular formula is C23H30N2OS. The van der Waals surface area contributed by atoms with Crippen molar-refractivity contribution in [1.82, 2.24) is 10.2 Å². The van der Waals surface area contributed by atoms with Crippen molar-refractivity contribution in [2.75, 3.05) is 18.8 Å². The summed E-state index contributed by atoms with van der Waals surface area (Å²) < 4.78 is 0. The van der Waals surface area contributed by atoms with Crippen molar-refractivity contribution in [2.24, 2.45) is 0 Å². The maximum atomic E-state index is 12.1. The van der Waals surface area contributed by atoms with E-state index < -0.39 is 0 Å². The molecule has 3 nitrogen and oxygen atoms in total. The van der Waals surface area contributed by atoms with Gasteiger partial charge in [0.25, 0.3) is 0 Å². The number of amides is 1. The number of rotatable bonds is 8. The summed E-state index contributed by atoms with van der Waals surface area (Å²) >= 11 is 1.66. The van der Waals surface area contributed by atoms with Crippen LogP contribution in [0.25, 0.3) is 0 Å². The van der Waals surface area contributed by atoms with Crippen molar-refractivity contribution in [3.63, 3.8) is 0 Å². The lowest BCUT2D eigenvalue weighted by Gasteiger charge is -2.26. The zero-order valence-corrected chi connectivity index (χ0v) is 17.1. The van der Waals surface area contributed by atoms with Gasteiger partial charge in [-0.2, -0.15) is 0 Å². The van der Waals surface area contributed by atoms with E-state index in [9.17, 15) is 4.79 Å². The molecule has 0 saturated carbocycles. The SMILES string of the molecule is Cc1ccc(CSCC(=O)NCc2ccc(CN3CCCCC3)cc2)cc1. The fourth-order valence-corrected chi connectivity index (χ4v) is 4.15. The molecule has 0 bridgehead atoms. The summed E-state index contributed by atoms with van der Waals surface area (Å²) in [6.45, 7) is 6.18. The molecule has 144 valence electrons. The Hall–Kier alpha value is -1.78. The Labute approximate surface area is 167 Å². The molecule has 1 fully saturated rings. The zero-order chi connectivity index (χ0) is 18.9. The molecule has 1 N–H and O–H groups in total. The average molecular weight is 383 g/mol. The summed E-state index contributed by atoms with van der Waals surface area (Å²) in [4.78, 5) is 14.6. The molecule has 2 aromatic rings. The largest absolute Gasteiger partial charge is 0.351 e. The third-order valence-electron chi connectivity index (χ3n) is 4.99. The van der Waals surface area contributed by atoms with E-state index in [2.05, 4.69) is 65.7 Å². The van der Waals surface area contributed by atoms with Gasteiger partial charge in [0.15, 0.2) is 0 Å². The van der Waals surface area contributed by atoms with Gasteiger partial charge in [-0.25, -0.2) is 0 Å². The summed E-state index contributed by atoms with van der Waals surface area (Å²) in [5.41, 5.74) is 5.06. The molecule has 0 radical (unpaired) electrons. The lowest BCUT2D eigenvalue weighted by Crippen LogP contribution is -2.29. The van der Waals surface area contributed by atoms with Crippen LogP contribution in [0.15, 0.2) is 48.5 Å². The van der Waals surface area contributed by atoms with E-state index >= 15 is 0 Å². The molecule has 1 aliphatic rings. The molecule has 0 aromatic heterocycles. The molecule has 0 spiro atoms. The standard InChI is InChI=1S/C23H30N2OS/c1-19-5-7-22(8-6-19)17-27-18-23(26)24-15-20-9-11-21(12-10-20)16-25-13-3-2-4-14-25/h5-12H,2-4,13-18H2,1H3,(H,24,26). The quantitative estimate of drug-likeness (QED) is 0.728. The molecule has 1 aliphatic heterocycles. The number of benzene rings is 2. The summed E-state index contributed by atoms with van der Waals surface area (Å²) in [6, 6.07) is 17.2. The van der Waals surface area contributed by atoms with E-state index in [1.165, 1.54) is 49.0 Å². The monoisotopic (exact) mass is 382 g/mol. The van der Waals surface area contributed by atoms with E-state index in [1.807, 2.05) is 0 Å². The molecule has 2 aromatic carbocycles. The summed E-state index contributed by atoms with van der Waals surface area (Å²) in [5, 5.41) is 3.02. The van der Waals surface area contributed by atoms with Gasteiger partial charge in [0, 0.05) is 18.8 Å². The highest BCUT2D eigenvalue weighted by molar-refractivity contribution is 7.99. The third kappa shape index (κ3) is 7.04. The first-order valence-corrected chi connectivity index (χ1v) is 11.0. The highest BCUT2D eigenvalue weighted by Gasteiger charge is 2.10. The number of carbonyl (C=O) groups excluding carboxylic acids is 1. The molecule has 3 rings (SSSR count). The smallest absolute Gasteiger partial charge is 0.230 e. The third-order valence-corrected chi connectivity index (χ3v) is 5.99. The highest BCUT2D eigenvalue weighted by Crippen LogP contribution is 2.14. The molecular weight excluding hydrogens is 352 g/mol. The van der Waals surface area contributed by atoms with Crippen molar-refractivity contribution >= 4 is 17.7 Å². The Kier molecular flexibility index (Phi) is 7.79. The molecule has 27 heavy (non-hydrogen) atoms. The average Bonchev–Trinajstić information content (AvgIpc) is 2.70. The Bertz CT molecular complexity index is 706. The predicted molar refractivity (Wildman–Crippen MR) is 115 cm³/mol. The lowest BCUT2D eigenvalue weighted by molar-refractivity contribution is -0.118. The van der Waals surface area contributed by atoms with Crippen molar-refractivity contribution in [3.05, 3.63) is 70.8 Å². The number of hydrogen-bond donors (Lipinski definition) is 1. The minimum atomic E-state index is 0.101. The zero-order valence-electron chi connectivity index (χ0n) is 16.2. The van der Waals surface area contributed by atoms with E-state index in [0.717, 1.165) is 17.9 Å². The van der Waals surface area contributed by atoms with Crippen LogP contribution < -0.4 is 5.32 Å². The number of likely N-dealkylation sites (tertiary alicyclic amines) is 1. The van der Waals surface area contributed by atoms with Crippen LogP contribution >= 0.6 is 11.8 Å². The second kappa shape index (κ2) is 10.5. The number of nitrogens with zero attached hydrogens (tertiary/aromatic N) is 1. The molecule has 0 atom stereocenters. The number of nitrogens with one attached hydrogen (secondary N) is 1. The molecule has 4 heteroatoms. The summed E-state index contributed by atoms with van der Waals surface area (Å²) in [6.07, 6.45) is 4.02. The van der Waals surface area contributed by atoms with Crippen molar-refractivity contribution in [3.8, 4) is 0 Å². The number of hydrogen-bond acceptors (Lipinski definition) is 3. The first kappa shape index (κ1) is 20.0. The number of carbonyl (C=O) groups is 1. The lowest BCUT2D eigenvalue weighted by atomic mass is 10.1. The predicted octanol–water partition coefficient (Wildman–Crippen LogP) is 4.53. The van der Waals surface area contributed by atoms with Crippen LogP contribution in [0.3, 0.4) is 0 Å². The molecule has 0 aliphatic carbocycles. The second-order valence-corrected chi connectivity index (χ2v) is 8.39. The number of thioether (sulfide) groups is 1. The van der Waals surface area contributed by atoms with E-state index in [-0.39, 0.29) is 5.91 Å². The first-order valence-electron chi connectivity index (χ1n) is 9.89. The molecule has 0 unspecified atom stereocenters. The Morgan fingerprint density at radius 1 is 0.926 bits per heavy atom. The van der Waals surface area contributed by atoms with E-state index in [1.54, 1.807) is 11.8 Å². The van der Waals surface area contributed by atoms with Gasteiger partial charge in [0.1, 0.15) is 0 Å². The van der Waals surface area contributed by atoms with Gasteiger partial charge in [0.05, 0.1) is 5.75 Å². The minimum absolute atomic E-state index is 0.101. The van der Waals surface area contributed by atoms with Crippen LogP contribution in [0.1, 0.15) is 41.5 Å². The van der Waals surface area contributed by atoms with Crippen LogP contribution in [0.4, 0.5) is 0 Å². The van der Waals surface area contributed by atoms with Gasteiger partial charge >= 0.3 is 0 Å². The fraction of sp³-hybridized carbons (Fsp3) is 0.435. The summed E-state index contributed by atoms with van der Waals surface area (Å²) in [7, 11) is 0. The van der Waals surface area contributed by atoms with Crippen LogP contribution in [0.5, 0.6) is 0 Å². The van der Waals surface area contributed by atoms with Crippen LogP contribution in [-0.4, -0.2) is 29.6 Å². The van der Waals surface area contributed by atoms with E-state index in [4.69, 9.17) is 0 Å². The fourth-order valence-electron chi connectivity index (χ4n) is 3.34. The van der Waals surface area contributed by atoms with Gasteiger partial charge in [-0.15, -0.1) is 11.8 Å². The van der Waals surface area contributed by atoms with Gasteiger partial charge in [-0.05, 0) is 49.5 Å². The maximum absolute atomic E-state index is 12.1. The van der Waals surface area contributed by atoms with Crippen LogP contribution in [-0.2, 0) is 23.6 Å². The second-order valence-electron chi connectivity index (χ2n) is 7.41. The Morgan fingerprint density at radius 2 is 1.56 bits per heavy atom. The number of aryl methyl sites for hydroxylation is 1. The van der Waals surface area contributed by atoms with Gasteiger partial charge in [-0.1, -0.05) is 60.5 Å². The Balaban J connectivity index is 1.35. The van der Waals surface area contributed by atoms with Crippen molar-refractivity contribution in [1.29, 1.82) is 0 Å². The minimum Gasteiger partial charge on any atom is -0.351 e. The number of piperidine rings is 1. The summed E-state index contributed by atoms with van der Waals surface area (Å²) in [5.74, 6) is 1.48. The van der Waals surface area contributed by atoms with Gasteiger partial charge in [-0.3, -0.25) is 9.69 Å². The normalized spacial score (nSPS) is 14.9. The Morgan fingerprint density at radius 3 is 2.26 bits per heavy atom. The van der Waals surface area contributed by atoms with Gasteiger partial charge in [0.2, 0.25) is 5.91 Å². The van der Waals surface area contributed by atoms with Gasteiger partial charge < -0.3 is 5.32 Å². The topological polar surface area (TPSA) is 32.3 Å². The van der Waals surface area contributed by atoms with Crippen LogP contribution in [0.2, 0.25) is 0 Å². The van der Waals surface area contributed by atoms with Crippen molar-refractivity contribution < 1.29 is 4.79 Å². The van der Waals surface area contributed by atoms with E-state index in [0.29, 0.717) is 12.3 Å². The highest BCUT2D eigenvalue weighted by atomic mass is 32.2. The first-order chi connectivity index (χ1) is 13.2. The molecule has 1 amide bonds.